The SMILES string of the molecule is Cc1cc(C)c(C(=O)OCC(=O)N(C2CCCC2)[C@@H]2CCS(=O)(=O)C2)c(C)c1. The third-order valence-electron chi connectivity index (χ3n) is 5.82. The Balaban J connectivity index is 1.71. The van der Waals surface area contributed by atoms with E-state index in [4.69, 9.17) is 4.74 Å². The van der Waals surface area contributed by atoms with Gasteiger partial charge in [0.2, 0.25) is 0 Å². The van der Waals surface area contributed by atoms with Crippen LogP contribution in [-0.2, 0) is 19.4 Å². The Morgan fingerprint density at radius 2 is 1.64 bits per heavy atom. The highest BCUT2D eigenvalue weighted by Crippen LogP contribution is 2.29. The Morgan fingerprint density at radius 3 is 2.18 bits per heavy atom. The van der Waals surface area contributed by atoms with E-state index in [9.17, 15) is 18.0 Å². The van der Waals surface area contributed by atoms with Crippen LogP contribution in [0.3, 0.4) is 0 Å². The fourth-order valence-electron chi connectivity index (χ4n) is 4.66. The second kappa shape index (κ2) is 8.23. The van der Waals surface area contributed by atoms with Crippen molar-refractivity contribution in [2.75, 3.05) is 18.1 Å². The van der Waals surface area contributed by atoms with Crippen LogP contribution in [0.25, 0.3) is 0 Å². The summed E-state index contributed by atoms with van der Waals surface area (Å²) in [5, 5.41) is 0. The van der Waals surface area contributed by atoms with Crippen molar-refractivity contribution in [3.05, 3.63) is 34.4 Å². The number of sulfone groups is 1. The molecule has 154 valence electrons. The zero-order chi connectivity index (χ0) is 20.5. The molecule has 1 amide bonds. The van der Waals surface area contributed by atoms with Crippen molar-refractivity contribution >= 4 is 21.7 Å². The molecule has 7 heteroatoms. The van der Waals surface area contributed by atoms with E-state index in [1.165, 1.54) is 0 Å². The van der Waals surface area contributed by atoms with E-state index in [1.807, 2.05) is 32.9 Å². The Kier molecular flexibility index (Phi) is 6.12. The molecule has 3 rings (SSSR count). The van der Waals surface area contributed by atoms with Crippen molar-refractivity contribution in [1.82, 2.24) is 4.90 Å². The van der Waals surface area contributed by atoms with Gasteiger partial charge in [0.05, 0.1) is 17.1 Å². The van der Waals surface area contributed by atoms with Gasteiger partial charge in [-0.15, -0.1) is 0 Å². The molecule has 1 heterocycles. The third-order valence-corrected chi connectivity index (χ3v) is 7.57. The smallest absolute Gasteiger partial charge is 0.339 e. The van der Waals surface area contributed by atoms with Gasteiger partial charge >= 0.3 is 5.97 Å². The molecular weight excluding hydrogens is 378 g/mol. The fourth-order valence-corrected chi connectivity index (χ4v) is 6.37. The monoisotopic (exact) mass is 407 g/mol. The van der Waals surface area contributed by atoms with Crippen LogP contribution < -0.4 is 0 Å². The quantitative estimate of drug-likeness (QED) is 0.701. The molecule has 2 fully saturated rings. The minimum atomic E-state index is -3.09. The minimum Gasteiger partial charge on any atom is -0.452 e. The zero-order valence-corrected chi connectivity index (χ0v) is 17.7. The van der Waals surface area contributed by atoms with Gasteiger partial charge < -0.3 is 9.64 Å². The van der Waals surface area contributed by atoms with Crippen molar-refractivity contribution in [2.45, 2.75) is 65.0 Å². The van der Waals surface area contributed by atoms with Crippen LogP contribution in [0.2, 0.25) is 0 Å². The molecule has 1 aromatic carbocycles. The van der Waals surface area contributed by atoms with Crippen LogP contribution >= 0.6 is 0 Å². The fraction of sp³-hybridized carbons (Fsp3) is 0.619. The van der Waals surface area contributed by atoms with Crippen molar-refractivity contribution in [3.63, 3.8) is 0 Å². The molecule has 1 aliphatic heterocycles. The molecule has 1 aromatic rings. The molecule has 0 aromatic heterocycles. The lowest BCUT2D eigenvalue weighted by molar-refractivity contribution is -0.139. The van der Waals surface area contributed by atoms with Gasteiger partial charge in [0.15, 0.2) is 16.4 Å². The zero-order valence-electron chi connectivity index (χ0n) is 16.9. The molecule has 2 aliphatic rings. The maximum Gasteiger partial charge on any atom is 0.339 e. The van der Waals surface area contributed by atoms with Crippen LogP contribution in [0.15, 0.2) is 12.1 Å². The average Bonchev–Trinajstić information content (AvgIpc) is 3.22. The molecular formula is C21H29NO5S. The largest absolute Gasteiger partial charge is 0.452 e. The van der Waals surface area contributed by atoms with Crippen molar-refractivity contribution in [2.24, 2.45) is 0 Å². The lowest BCUT2D eigenvalue weighted by atomic mass is 10.00. The number of aryl methyl sites for hydroxylation is 3. The summed E-state index contributed by atoms with van der Waals surface area (Å²) in [5.41, 5.74) is 3.21. The van der Waals surface area contributed by atoms with Crippen LogP contribution in [0.5, 0.6) is 0 Å². The first-order valence-corrected chi connectivity index (χ1v) is 11.8. The summed E-state index contributed by atoms with van der Waals surface area (Å²) in [4.78, 5) is 27.2. The molecule has 0 bridgehead atoms. The number of carbonyl (C=O) groups excluding carboxylic acids is 2. The number of hydrogen-bond acceptors (Lipinski definition) is 5. The number of carbonyl (C=O) groups is 2. The highest BCUT2D eigenvalue weighted by atomic mass is 32.2. The van der Waals surface area contributed by atoms with E-state index >= 15 is 0 Å². The standard InChI is InChI=1S/C21H29NO5S/c1-14-10-15(2)20(16(3)11-14)21(24)27-12-19(23)22(17-6-4-5-7-17)18-8-9-28(25,26)13-18/h10-11,17-18H,4-9,12-13H2,1-3H3/t18-/m1/s1. The molecule has 1 aliphatic carbocycles. The first kappa shape index (κ1) is 20.8. The lowest BCUT2D eigenvalue weighted by Crippen LogP contribution is -2.48. The maximum atomic E-state index is 12.9. The van der Waals surface area contributed by atoms with Crippen LogP contribution in [0.4, 0.5) is 0 Å². The van der Waals surface area contributed by atoms with E-state index in [0.29, 0.717) is 12.0 Å². The molecule has 1 saturated carbocycles. The second-order valence-corrected chi connectivity index (χ2v) is 10.4. The van der Waals surface area contributed by atoms with Crippen molar-refractivity contribution < 1.29 is 22.7 Å². The second-order valence-electron chi connectivity index (χ2n) is 8.15. The molecule has 0 radical (unpaired) electrons. The number of benzene rings is 1. The summed E-state index contributed by atoms with van der Waals surface area (Å²) in [5.74, 6) is -0.659. The van der Waals surface area contributed by atoms with E-state index in [2.05, 4.69) is 0 Å². The molecule has 1 atom stereocenters. The average molecular weight is 408 g/mol. The Bertz CT molecular complexity index is 848. The normalized spacial score (nSPS) is 21.6. The number of nitrogens with zero attached hydrogens (tertiary/aromatic N) is 1. The number of esters is 1. The van der Waals surface area contributed by atoms with Crippen molar-refractivity contribution in [1.29, 1.82) is 0 Å². The predicted octanol–water partition coefficient (Wildman–Crippen LogP) is 2.73. The number of ether oxygens (including phenoxy) is 1. The number of amides is 1. The Morgan fingerprint density at radius 1 is 1.04 bits per heavy atom. The van der Waals surface area contributed by atoms with Crippen molar-refractivity contribution in [3.8, 4) is 0 Å². The molecule has 0 spiro atoms. The highest BCUT2D eigenvalue weighted by molar-refractivity contribution is 7.91. The summed E-state index contributed by atoms with van der Waals surface area (Å²) in [7, 11) is -3.09. The summed E-state index contributed by atoms with van der Waals surface area (Å²) >= 11 is 0. The van der Waals surface area contributed by atoms with E-state index in [1.54, 1.807) is 4.90 Å². The summed E-state index contributed by atoms with van der Waals surface area (Å²) < 4.78 is 29.2. The van der Waals surface area contributed by atoms with Gasteiger partial charge in [0.1, 0.15) is 0 Å². The van der Waals surface area contributed by atoms with E-state index < -0.39 is 15.8 Å². The first-order chi connectivity index (χ1) is 13.2. The maximum absolute atomic E-state index is 12.9. The van der Waals surface area contributed by atoms with Gasteiger partial charge in [0, 0.05) is 12.1 Å². The molecule has 28 heavy (non-hydrogen) atoms. The van der Waals surface area contributed by atoms with Crippen LogP contribution in [0.1, 0.15) is 59.2 Å². The Hall–Kier alpha value is -1.89. The highest BCUT2D eigenvalue weighted by Gasteiger charge is 2.39. The summed E-state index contributed by atoms with van der Waals surface area (Å²) in [6.45, 7) is 5.33. The topological polar surface area (TPSA) is 80.8 Å². The molecule has 0 unspecified atom stereocenters. The third kappa shape index (κ3) is 4.57. The molecule has 0 N–H and O–H groups in total. The predicted molar refractivity (Wildman–Crippen MR) is 107 cm³/mol. The van der Waals surface area contributed by atoms with E-state index in [0.717, 1.165) is 42.4 Å². The van der Waals surface area contributed by atoms with Gasteiger partial charge in [-0.2, -0.15) is 0 Å². The summed E-state index contributed by atoms with van der Waals surface area (Å²) in [6, 6.07) is 3.58. The van der Waals surface area contributed by atoms with Gasteiger partial charge in [-0.3, -0.25) is 4.79 Å². The van der Waals surface area contributed by atoms with Gasteiger partial charge in [0.25, 0.3) is 5.91 Å². The molecule has 1 saturated heterocycles. The van der Waals surface area contributed by atoms with Gasteiger partial charge in [-0.1, -0.05) is 30.5 Å². The summed E-state index contributed by atoms with van der Waals surface area (Å²) in [6.07, 6.45) is 4.30. The van der Waals surface area contributed by atoms with Gasteiger partial charge in [-0.25, -0.2) is 13.2 Å². The van der Waals surface area contributed by atoms with Crippen LogP contribution in [0, 0.1) is 20.8 Å². The molecule has 6 nitrogen and oxygen atoms in total. The van der Waals surface area contributed by atoms with Crippen LogP contribution in [-0.4, -0.2) is 55.4 Å². The van der Waals surface area contributed by atoms with E-state index in [-0.39, 0.29) is 36.1 Å². The number of hydrogen-bond donors (Lipinski definition) is 0. The van der Waals surface area contributed by atoms with Gasteiger partial charge in [-0.05, 0) is 51.2 Å². The minimum absolute atomic E-state index is 0.0133. The number of rotatable bonds is 5. The Labute approximate surface area is 167 Å². The lowest BCUT2D eigenvalue weighted by Gasteiger charge is -2.33. The first-order valence-electron chi connectivity index (χ1n) is 9.94.